The van der Waals surface area contributed by atoms with Crippen LogP contribution in [-0.4, -0.2) is 42.9 Å². The summed E-state index contributed by atoms with van der Waals surface area (Å²) in [6.07, 6.45) is 0.100. The fourth-order valence-corrected chi connectivity index (χ4v) is 2.23. The molecular weight excluding hydrogens is 261 g/mol. The first-order chi connectivity index (χ1) is 9.61. The van der Waals surface area contributed by atoms with Crippen molar-refractivity contribution in [2.75, 3.05) is 20.1 Å². The lowest BCUT2D eigenvalue weighted by molar-refractivity contribution is -0.138. The second-order valence-corrected chi connectivity index (χ2v) is 4.74. The molecule has 1 fully saturated rings. The lowest BCUT2D eigenvalue weighted by Crippen LogP contribution is -2.55. The van der Waals surface area contributed by atoms with Crippen LogP contribution in [0.1, 0.15) is 12.0 Å². The molecule has 6 heteroatoms. The number of piperazine rings is 1. The molecule has 0 spiro atoms. The van der Waals surface area contributed by atoms with Crippen LogP contribution in [0.5, 0.6) is 0 Å². The Morgan fingerprint density at radius 2 is 2.25 bits per heavy atom. The van der Waals surface area contributed by atoms with Gasteiger partial charge in [-0.05, 0) is 6.07 Å². The van der Waals surface area contributed by atoms with E-state index in [1.807, 2.05) is 0 Å². The molecule has 108 valence electrons. The van der Waals surface area contributed by atoms with Crippen molar-refractivity contribution in [3.63, 3.8) is 0 Å². The summed E-state index contributed by atoms with van der Waals surface area (Å²) >= 11 is 0. The maximum absolute atomic E-state index is 13.6. The van der Waals surface area contributed by atoms with E-state index in [1.54, 1.807) is 23.1 Å². The van der Waals surface area contributed by atoms with Crippen LogP contribution >= 0.6 is 0 Å². The van der Waals surface area contributed by atoms with Gasteiger partial charge in [-0.1, -0.05) is 18.2 Å². The van der Waals surface area contributed by atoms with E-state index in [0.717, 1.165) is 0 Å². The molecule has 20 heavy (non-hydrogen) atoms. The molecule has 0 bridgehead atoms. The van der Waals surface area contributed by atoms with Crippen LogP contribution in [0.4, 0.5) is 4.39 Å². The molecule has 1 aliphatic rings. The molecule has 1 saturated heterocycles. The molecule has 2 amide bonds. The van der Waals surface area contributed by atoms with Crippen LogP contribution in [0.15, 0.2) is 24.3 Å². The average molecular weight is 279 g/mol. The minimum absolute atomic E-state index is 0.100. The molecule has 1 unspecified atom stereocenters. The first kappa shape index (κ1) is 14.5. The van der Waals surface area contributed by atoms with E-state index >= 15 is 0 Å². The van der Waals surface area contributed by atoms with Gasteiger partial charge in [-0.2, -0.15) is 0 Å². The van der Waals surface area contributed by atoms with Gasteiger partial charge in [-0.3, -0.25) is 9.59 Å². The zero-order chi connectivity index (χ0) is 14.5. The lowest BCUT2D eigenvalue weighted by atomic mass is 10.1. The van der Waals surface area contributed by atoms with Gasteiger partial charge in [0.05, 0.1) is 12.5 Å². The third kappa shape index (κ3) is 3.33. The first-order valence-electron chi connectivity index (χ1n) is 6.58. The summed E-state index contributed by atoms with van der Waals surface area (Å²) in [5.41, 5.74) is 0.487. The van der Waals surface area contributed by atoms with Crippen LogP contribution in [-0.2, 0) is 16.1 Å². The monoisotopic (exact) mass is 279 g/mol. The maximum atomic E-state index is 13.6. The van der Waals surface area contributed by atoms with Crippen molar-refractivity contribution >= 4 is 11.8 Å². The molecule has 0 aliphatic carbocycles. The Morgan fingerprint density at radius 3 is 2.95 bits per heavy atom. The highest BCUT2D eigenvalue weighted by molar-refractivity contribution is 5.88. The Morgan fingerprint density at radius 1 is 1.50 bits per heavy atom. The quantitative estimate of drug-likeness (QED) is 0.831. The van der Waals surface area contributed by atoms with Crippen LogP contribution < -0.4 is 10.6 Å². The molecule has 0 aromatic heterocycles. The number of nitrogens with one attached hydrogen (secondary N) is 2. The minimum Gasteiger partial charge on any atom is -0.359 e. The highest BCUT2D eigenvalue weighted by Crippen LogP contribution is 2.13. The molecule has 0 saturated carbocycles. The van der Waals surface area contributed by atoms with Gasteiger partial charge in [0.15, 0.2) is 0 Å². The van der Waals surface area contributed by atoms with Gasteiger partial charge >= 0.3 is 0 Å². The summed E-state index contributed by atoms with van der Waals surface area (Å²) in [5, 5.41) is 5.52. The van der Waals surface area contributed by atoms with Crippen molar-refractivity contribution in [1.29, 1.82) is 0 Å². The Hall–Kier alpha value is -1.95. The van der Waals surface area contributed by atoms with E-state index < -0.39 is 6.04 Å². The van der Waals surface area contributed by atoms with Gasteiger partial charge in [0.25, 0.3) is 0 Å². The molecule has 0 radical (unpaired) electrons. The number of carbonyl (C=O) groups is 2. The number of nitrogens with zero attached hydrogens (tertiary/aromatic N) is 1. The summed E-state index contributed by atoms with van der Waals surface area (Å²) in [7, 11) is 1.53. The fraction of sp³-hybridized carbons (Fsp3) is 0.429. The second-order valence-electron chi connectivity index (χ2n) is 4.74. The Kier molecular flexibility index (Phi) is 4.68. The summed E-state index contributed by atoms with van der Waals surface area (Å²) in [6.45, 7) is 1.34. The van der Waals surface area contributed by atoms with Crippen molar-refractivity contribution in [1.82, 2.24) is 15.5 Å². The van der Waals surface area contributed by atoms with E-state index in [-0.39, 0.29) is 30.6 Å². The fourth-order valence-electron chi connectivity index (χ4n) is 2.23. The maximum Gasteiger partial charge on any atom is 0.240 e. The highest BCUT2D eigenvalue weighted by Gasteiger charge is 2.30. The summed E-state index contributed by atoms with van der Waals surface area (Å²) in [5.74, 6) is -0.673. The zero-order valence-corrected chi connectivity index (χ0v) is 11.4. The predicted octanol–water partition coefficient (Wildman–Crippen LogP) is 0.262. The molecular formula is C14H18FN3O2. The van der Waals surface area contributed by atoms with Crippen LogP contribution in [0.2, 0.25) is 0 Å². The minimum atomic E-state index is -0.532. The van der Waals surface area contributed by atoms with Gasteiger partial charge < -0.3 is 15.5 Å². The summed E-state index contributed by atoms with van der Waals surface area (Å²) in [6, 6.07) is 5.87. The second kappa shape index (κ2) is 6.47. The predicted molar refractivity (Wildman–Crippen MR) is 72.3 cm³/mol. The lowest BCUT2D eigenvalue weighted by Gasteiger charge is -2.33. The molecule has 1 aliphatic heterocycles. The van der Waals surface area contributed by atoms with Crippen molar-refractivity contribution in [2.24, 2.45) is 0 Å². The molecule has 1 aromatic rings. The van der Waals surface area contributed by atoms with Gasteiger partial charge in [0, 0.05) is 32.2 Å². The molecule has 2 N–H and O–H groups in total. The number of hydrogen-bond acceptors (Lipinski definition) is 3. The SMILES string of the molecule is CNC(=O)CC1NCCN(Cc2ccccc2F)C1=O. The van der Waals surface area contributed by atoms with E-state index in [9.17, 15) is 14.0 Å². The van der Waals surface area contributed by atoms with Crippen LogP contribution in [0, 0.1) is 5.82 Å². The number of benzene rings is 1. The van der Waals surface area contributed by atoms with E-state index in [2.05, 4.69) is 10.6 Å². The number of amides is 2. The first-order valence-corrected chi connectivity index (χ1v) is 6.58. The largest absolute Gasteiger partial charge is 0.359 e. The highest BCUT2D eigenvalue weighted by atomic mass is 19.1. The molecule has 5 nitrogen and oxygen atoms in total. The normalized spacial score (nSPS) is 19.0. The zero-order valence-electron chi connectivity index (χ0n) is 11.4. The summed E-state index contributed by atoms with van der Waals surface area (Å²) in [4.78, 5) is 25.2. The topological polar surface area (TPSA) is 61.4 Å². The van der Waals surface area contributed by atoms with E-state index in [0.29, 0.717) is 18.7 Å². The van der Waals surface area contributed by atoms with Gasteiger partial charge in [0.1, 0.15) is 5.82 Å². The van der Waals surface area contributed by atoms with Crippen LogP contribution in [0.25, 0.3) is 0 Å². The third-order valence-electron chi connectivity index (χ3n) is 3.37. The number of rotatable bonds is 4. The van der Waals surface area contributed by atoms with Crippen molar-refractivity contribution < 1.29 is 14.0 Å². The van der Waals surface area contributed by atoms with Crippen molar-refractivity contribution in [2.45, 2.75) is 19.0 Å². The van der Waals surface area contributed by atoms with E-state index in [1.165, 1.54) is 13.1 Å². The number of hydrogen-bond donors (Lipinski definition) is 2. The van der Waals surface area contributed by atoms with Crippen LogP contribution in [0.3, 0.4) is 0 Å². The standard InChI is InChI=1S/C14H18FN3O2/c1-16-13(19)8-12-14(20)18(7-6-17-12)9-10-4-2-3-5-11(10)15/h2-5,12,17H,6-9H2,1H3,(H,16,19). The molecule has 2 rings (SSSR count). The smallest absolute Gasteiger partial charge is 0.240 e. The van der Waals surface area contributed by atoms with Crippen molar-refractivity contribution in [3.8, 4) is 0 Å². The number of carbonyl (C=O) groups excluding carboxylic acids is 2. The molecule has 1 aromatic carbocycles. The Labute approximate surface area is 117 Å². The summed E-state index contributed by atoms with van der Waals surface area (Å²) < 4.78 is 13.6. The van der Waals surface area contributed by atoms with Gasteiger partial charge in [0.2, 0.25) is 11.8 Å². The molecule has 1 heterocycles. The average Bonchev–Trinajstić information content (AvgIpc) is 2.45. The van der Waals surface area contributed by atoms with E-state index in [4.69, 9.17) is 0 Å². The molecule has 1 atom stereocenters. The number of halogens is 1. The van der Waals surface area contributed by atoms with Crippen molar-refractivity contribution in [3.05, 3.63) is 35.6 Å². The Bertz CT molecular complexity index is 507. The van der Waals surface area contributed by atoms with Gasteiger partial charge in [-0.15, -0.1) is 0 Å². The third-order valence-corrected chi connectivity index (χ3v) is 3.37. The van der Waals surface area contributed by atoms with Gasteiger partial charge in [-0.25, -0.2) is 4.39 Å². The Balaban J connectivity index is 2.03.